The third-order valence-corrected chi connectivity index (χ3v) is 2.63. The molecule has 1 heterocycles. The highest BCUT2D eigenvalue weighted by atomic mass is 16.4. The molecule has 1 aromatic heterocycles. The first-order chi connectivity index (χ1) is 8.41. The maximum Gasteiger partial charge on any atom is 0.331 e. The van der Waals surface area contributed by atoms with E-state index in [1.54, 1.807) is 0 Å². The summed E-state index contributed by atoms with van der Waals surface area (Å²) in [5.74, 6) is -1.41. The number of aromatic nitrogens is 2. The topological polar surface area (TPSA) is 102 Å². The van der Waals surface area contributed by atoms with E-state index >= 15 is 0 Å². The lowest BCUT2D eigenvalue weighted by Gasteiger charge is -2.09. The van der Waals surface area contributed by atoms with Crippen molar-refractivity contribution >= 4 is 16.9 Å². The number of carboxylic acid groups (broad SMARTS) is 1. The summed E-state index contributed by atoms with van der Waals surface area (Å²) in [6.45, 7) is -0.711. The molecule has 0 amide bonds. The Morgan fingerprint density at radius 3 is 2.61 bits per heavy atom. The number of nitrogens with zero attached hydrogens (tertiary/aromatic N) is 2. The molecule has 0 bridgehead atoms. The van der Waals surface area contributed by atoms with Gasteiger partial charge in [-0.15, -0.1) is 0 Å². The van der Waals surface area contributed by atoms with Crippen molar-refractivity contribution in [3.8, 4) is 5.75 Å². The molecule has 2 aromatic rings. The van der Waals surface area contributed by atoms with Crippen molar-refractivity contribution in [1.82, 2.24) is 9.13 Å². The summed E-state index contributed by atoms with van der Waals surface area (Å²) in [7, 11) is 1.43. The molecule has 0 saturated carbocycles. The van der Waals surface area contributed by atoms with Crippen LogP contribution in [0.4, 0.5) is 0 Å². The molecule has 0 saturated heterocycles. The molecule has 94 valence electrons. The van der Waals surface area contributed by atoms with Gasteiger partial charge in [0.05, 0.1) is 10.9 Å². The van der Waals surface area contributed by atoms with Gasteiger partial charge in [0.2, 0.25) is 0 Å². The predicted octanol–water partition coefficient (Wildman–Crippen LogP) is -0.510. The minimum absolute atomic E-state index is 0.0957. The number of fused-ring (bicyclic) bond motifs is 1. The summed E-state index contributed by atoms with van der Waals surface area (Å²) in [5, 5.41) is 18.1. The van der Waals surface area contributed by atoms with Gasteiger partial charge < -0.3 is 10.2 Å². The van der Waals surface area contributed by atoms with Crippen LogP contribution >= 0.6 is 0 Å². The number of aromatic hydroxyl groups is 1. The fraction of sp³-hybridized carbons (Fsp3) is 0.182. The molecule has 0 fully saturated rings. The summed E-state index contributed by atoms with van der Waals surface area (Å²) in [6.07, 6.45) is 0. The Hall–Kier alpha value is -2.57. The molecule has 0 aliphatic carbocycles. The van der Waals surface area contributed by atoms with Crippen LogP contribution in [0.25, 0.3) is 10.9 Å². The molecule has 0 spiro atoms. The molecule has 7 nitrogen and oxygen atoms in total. The number of carboxylic acids is 1. The van der Waals surface area contributed by atoms with Crippen molar-refractivity contribution in [2.24, 2.45) is 7.05 Å². The number of carbonyl (C=O) groups is 1. The average molecular weight is 250 g/mol. The van der Waals surface area contributed by atoms with E-state index in [1.165, 1.54) is 29.8 Å². The van der Waals surface area contributed by atoms with Crippen molar-refractivity contribution < 1.29 is 15.0 Å². The lowest BCUT2D eigenvalue weighted by molar-refractivity contribution is -0.137. The van der Waals surface area contributed by atoms with Crippen molar-refractivity contribution in [1.29, 1.82) is 0 Å². The van der Waals surface area contributed by atoms with Gasteiger partial charge in [-0.05, 0) is 18.2 Å². The average Bonchev–Trinajstić information content (AvgIpc) is 2.31. The smallest absolute Gasteiger partial charge is 0.331 e. The van der Waals surface area contributed by atoms with Crippen LogP contribution in [0.3, 0.4) is 0 Å². The van der Waals surface area contributed by atoms with Gasteiger partial charge in [-0.25, -0.2) is 9.36 Å². The van der Waals surface area contributed by atoms with E-state index < -0.39 is 23.8 Å². The lowest BCUT2D eigenvalue weighted by Crippen LogP contribution is -2.40. The number of rotatable bonds is 2. The first-order valence-corrected chi connectivity index (χ1v) is 5.06. The van der Waals surface area contributed by atoms with Crippen molar-refractivity contribution in [2.45, 2.75) is 6.54 Å². The third-order valence-electron chi connectivity index (χ3n) is 2.63. The van der Waals surface area contributed by atoms with Gasteiger partial charge in [-0.3, -0.25) is 14.2 Å². The number of phenols is 1. The van der Waals surface area contributed by atoms with E-state index in [2.05, 4.69) is 0 Å². The molecule has 0 aliphatic heterocycles. The van der Waals surface area contributed by atoms with E-state index in [0.717, 1.165) is 0 Å². The van der Waals surface area contributed by atoms with Gasteiger partial charge >= 0.3 is 11.7 Å². The van der Waals surface area contributed by atoms with Crippen LogP contribution < -0.4 is 11.2 Å². The predicted molar refractivity (Wildman–Crippen MR) is 62.7 cm³/mol. The van der Waals surface area contributed by atoms with Crippen LogP contribution in [-0.4, -0.2) is 25.3 Å². The summed E-state index contributed by atoms with van der Waals surface area (Å²) in [4.78, 5) is 34.4. The lowest BCUT2D eigenvalue weighted by atomic mass is 10.2. The van der Waals surface area contributed by atoms with E-state index in [0.29, 0.717) is 10.1 Å². The minimum atomic E-state index is -1.28. The molecule has 7 heteroatoms. The summed E-state index contributed by atoms with van der Waals surface area (Å²) < 4.78 is 1.78. The van der Waals surface area contributed by atoms with Gasteiger partial charge in [0, 0.05) is 7.05 Å². The molecular formula is C11H10N2O5. The summed E-state index contributed by atoms with van der Waals surface area (Å²) in [6, 6.07) is 3.98. The molecular weight excluding hydrogens is 240 g/mol. The Labute approximate surface area is 100 Å². The number of benzene rings is 1. The first-order valence-electron chi connectivity index (χ1n) is 5.06. The normalized spacial score (nSPS) is 10.7. The van der Waals surface area contributed by atoms with Gasteiger partial charge in [-0.1, -0.05) is 0 Å². The quantitative estimate of drug-likeness (QED) is 0.747. The molecule has 0 atom stereocenters. The molecule has 2 rings (SSSR count). The largest absolute Gasteiger partial charge is 0.508 e. The van der Waals surface area contributed by atoms with E-state index in [1.807, 2.05) is 0 Å². The van der Waals surface area contributed by atoms with E-state index in [-0.39, 0.29) is 11.1 Å². The Morgan fingerprint density at radius 2 is 2.00 bits per heavy atom. The Bertz CT molecular complexity index is 756. The molecule has 0 aliphatic rings. The van der Waals surface area contributed by atoms with Crippen molar-refractivity contribution in [3.05, 3.63) is 39.0 Å². The number of aryl methyl sites for hydroxylation is 1. The van der Waals surface area contributed by atoms with Gasteiger partial charge in [0.15, 0.2) is 0 Å². The van der Waals surface area contributed by atoms with Crippen LogP contribution in [0.1, 0.15) is 0 Å². The third kappa shape index (κ3) is 1.75. The standard InChI is InChI=1S/C11H10N2O5/c1-12-8-3-2-6(14)4-7(8)10(17)13(11(12)18)5-9(15)16/h2-4,14H,5H2,1H3,(H,15,16). The van der Waals surface area contributed by atoms with Crippen LogP contribution in [0, 0.1) is 0 Å². The maximum atomic E-state index is 12.0. The maximum absolute atomic E-state index is 12.0. The zero-order chi connectivity index (χ0) is 13.4. The van der Waals surface area contributed by atoms with Crippen LogP contribution in [-0.2, 0) is 18.4 Å². The Balaban J connectivity index is 2.93. The van der Waals surface area contributed by atoms with Crippen molar-refractivity contribution in [3.63, 3.8) is 0 Å². The van der Waals surface area contributed by atoms with Crippen LogP contribution in [0.5, 0.6) is 5.75 Å². The molecule has 1 aromatic carbocycles. The zero-order valence-electron chi connectivity index (χ0n) is 9.45. The van der Waals surface area contributed by atoms with E-state index in [9.17, 15) is 19.5 Å². The van der Waals surface area contributed by atoms with Gasteiger partial charge in [0.25, 0.3) is 5.56 Å². The van der Waals surface area contributed by atoms with Gasteiger partial charge in [-0.2, -0.15) is 0 Å². The summed E-state index contributed by atoms with van der Waals surface area (Å²) in [5.41, 5.74) is -1.10. The number of hydrogen-bond donors (Lipinski definition) is 2. The van der Waals surface area contributed by atoms with Gasteiger partial charge in [0.1, 0.15) is 12.3 Å². The Kier molecular flexibility index (Phi) is 2.66. The molecule has 2 N–H and O–H groups in total. The summed E-state index contributed by atoms with van der Waals surface area (Å²) >= 11 is 0. The molecule has 18 heavy (non-hydrogen) atoms. The Morgan fingerprint density at radius 1 is 1.33 bits per heavy atom. The SMILES string of the molecule is Cn1c(=O)n(CC(=O)O)c(=O)c2cc(O)ccc21. The molecule has 0 unspecified atom stereocenters. The van der Waals surface area contributed by atoms with Crippen molar-refractivity contribution in [2.75, 3.05) is 0 Å². The highest BCUT2D eigenvalue weighted by molar-refractivity contribution is 5.79. The van der Waals surface area contributed by atoms with E-state index in [4.69, 9.17) is 5.11 Å². The zero-order valence-corrected chi connectivity index (χ0v) is 9.45. The minimum Gasteiger partial charge on any atom is -0.508 e. The second kappa shape index (κ2) is 4.02. The fourth-order valence-corrected chi connectivity index (χ4v) is 1.78. The number of aliphatic carboxylic acids is 1. The highest BCUT2D eigenvalue weighted by Gasteiger charge is 2.13. The second-order valence-electron chi connectivity index (χ2n) is 3.83. The second-order valence-corrected chi connectivity index (χ2v) is 3.83. The van der Waals surface area contributed by atoms with Crippen LogP contribution in [0.2, 0.25) is 0 Å². The van der Waals surface area contributed by atoms with Crippen LogP contribution in [0.15, 0.2) is 27.8 Å². The molecule has 0 radical (unpaired) electrons. The fourth-order valence-electron chi connectivity index (χ4n) is 1.78. The first kappa shape index (κ1) is 11.9. The number of phenolic OH excluding ortho intramolecular Hbond substituents is 1. The number of hydrogen-bond acceptors (Lipinski definition) is 4. The highest BCUT2D eigenvalue weighted by Crippen LogP contribution is 2.14. The monoisotopic (exact) mass is 250 g/mol.